The van der Waals surface area contributed by atoms with Gasteiger partial charge < -0.3 is 15.2 Å². The van der Waals surface area contributed by atoms with Crippen molar-refractivity contribution in [3.8, 4) is 0 Å². The van der Waals surface area contributed by atoms with E-state index in [1.165, 1.54) is 5.56 Å². The van der Waals surface area contributed by atoms with E-state index in [1.807, 2.05) is 48.5 Å². The van der Waals surface area contributed by atoms with E-state index < -0.39 is 6.09 Å². The van der Waals surface area contributed by atoms with Gasteiger partial charge in [-0.15, -0.1) is 0 Å². The molecule has 0 aromatic heterocycles. The highest BCUT2D eigenvalue weighted by Gasteiger charge is 2.38. The number of nitrogens with one attached hydrogen (secondary N) is 1. The summed E-state index contributed by atoms with van der Waals surface area (Å²) in [7, 11) is 0. The predicted molar refractivity (Wildman–Crippen MR) is 100 cm³/mol. The van der Waals surface area contributed by atoms with E-state index in [0.717, 1.165) is 31.6 Å². The third-order valence-corrected chi connectivity index (χ3v) is 4.92. The van der Waals surface area contributed by atoms with Gasteiger partial charge in [-0.1, -0.05) is 60.7 Å². The third kappa shape index (κ3) is 5.07. The van der Waals surface area contributed by atoms with Crippen LogP contribution < -0.4 is 5.32 Å². The molecule has 2 aromatic carbocycles. The van der Waals surface area contributed by atoms with Crippen molar-refractivity contribution in [3.63, 3.8) is 0 Å². The maximum atomic E-state index is 12.0. The molecule has 1 atom stereocenters. The molecule has 1 fully saturated rings. The highest BCUT2D eigenvalue weighted by Crippen LogP contribution is 2.30. The quantitative estimate of drug-likeness (QED) is 0.803. The Morgan fingerprint density at radius 2 is 1.73 bits per heavy atom. The van der Waals surface area contributed by atoms with Crippen molar-refractivity contribution in [2.75, 3.05) is 26.2 Å². The van der Waals surface area contributed by atoms with Crippen LogP contribution in [0.25, 0.3) is 0 Å². The topological polar surface area (TPSA) is 61.8 Å². The monoisotopic (exact) mass is 354 g/mol. The molecule has 0 bridgehead atoms. The molecule has 0 aliphatic carbocycles. The maximum Gasteiger partial charge on any atom is 0.407 e. The first-order valence-corrected chi connectivity index (χ1v) is 9.01. The molecule has 1 unspecified atom stereocenters. The van der Waals surface area contributed by atoms with Crippen LogP contribution in [-0.4, -0.2) is 42.3 Å². The Morgan fingerprint density at radius 3 is 2.38 bits per heavy atom. The van der Waals surface area contributed by atoms with Gasteiger partial charge in [-0.05, 0) is 24.1 Å². The first-order valence-electron chi connectivity index (χ1n) is 9.01. The SMILES string of the molecule is O=C(NCC1(CO)CCN(Cc2ccccc2)C1)OCc1ccccc1. The predicted octanol–water partition coefficient (Wildman–Crippen LogP) is 2.80. The van der Waals surface area contributed by atoms with Crippen LogP contribution in [0.15, 0.2) is 60.7 Å². The molecule has 1 aliphatic heterocycles. The number of ether oxygens (including phenoxy) is 1. The number of hydrogen-bond donors (Lipinski definition) is 2. The van der Waals surface area contributed by atoms with Crippen LogP contribution in [0.4, 0.5) is 4.79 Å². The second-order valence-corrected chi connectivity index (χ2v) is 7.02. The van der Waals surface area contributed by atoms with E-state index in [4.69, 9.17) is 4.74 Å². The van der Waals surface area contributed by atoms with Crippen molar-refractivity contribution < 1.29 is 14.6 Å². The van der Waals surface area contributed by atoms with Crippen LogP contribution in [0.3, 0.4) is 0 Å². The van der Waals surface area contributed by atoms with E-state index in [-0.39, 0.29) is 18.6 Å². The molecular weight excluding hydrogens is 328 g/mol. The third-order valence-electron chi connectivity index (χ3n) is 4.92. The first kappa shape index (κ1) is 18.4. The van der Waals surface area contributed by atoms with Crippen LogP contribution in [0.1, 0.15) is 17.5 Å². The van der Waals surface area contributed by atoms with Gasteiger partial charge in [0, 0.05) is 25.0 Å². The lowest BCUT2D eigenvalue weighted by atomic mass is 9.88. The molecule has 5 heteroatoms. The van der Waals surface area contributed by atoms with Gasteiger partial charge in [0.2, 0.25) is 0 Å². The minimum absolute atomic E-state index is 0.0528. The lowest BCUT2D eigenvalue weighted by Gasteiger charge is -2.27. The number of aliphatic hydroxyl groups excluding tert-OH is 1. The second-order valence-electron chi connectivity index (χ2n) is 7.02. The summed E-state index contributed by atoms with van der Waals surface area (Å²) < 4.78 is 5.25. The Labute approximate surface area is 154 Å². The molecule has 138 valence electrons. The van der Waals surface area contributed by atoms with Crippen LogP contribution in [0.2, 0.25) is 0 Å². The largest absolute Gasteiger partial charge is 0.445 e. The molecule has 2 N–H and O–H groups in total. The summed E-state index contributed by atoms with van der Waals surface area (Å²) in [6, 6.07) is 19.9. The van der Waals surface area contributed by atoms with Crippen molar-refractivity contribution >= 4 is 6.09 Å². The van der Waals surface area contributed by atoms with Crippen molar-refractivity contribution in [3.05, 3.63) is 71.8 Å². The Kier molecular flexibility index (Phi) is 6.26. The Bertz CT molecular complexity index is 693. The molecule has 0 saturated carbocycles. The van der Waals surface area contributed by atoms with Crippen LogP contribution in [0, 0.1) is 5.41 Å². The molecule has 1 amide bonds. The summed E-state index contributed by atoms with van der Waals surface area (Å²) in [5, 5.41) is 12.7. The van der Waals surface area contributed by atoms with E-state index in [2.05, 4.69) is 22.3 Å². The van der Waals surface area contributed by atoms with Crippen molar-refractivity contribution in [1.82, 2.24) is 10.2 Å². The summed E-state index contributed by atoms with van der Waals surface area (Å²) in [6.45, 7) is 3.26. The Hall–Kier alpha value is -2.37. The minimum atomic E-state index is -0.441. The van der Waals surface area contributed by atoms with Gasteiger partial charge in [0.15, 0.2) is 0 Å². The number of carbonyl (C=O) groups excluding carboxylic acids is 1. The van der Waals surface area contributed by atoms with Crippen LogP contribution in [-0.2, 0) is 17.9 Å². The molecule has 1 saturated heterocycles. The zero-order valence-corrected chi connectivity index (χ0v) is 14.9. The number of rotatable bonds is 7. The molecule has 2 aromatic rings. The lowest BCUT2D eigenvalue weighted by Crippen LogP contribution is -2.42. The molecule has 1 aliphatic rings. The molecular formula is C21H26N2O3. The number of benzene rings is 2. The van der Waals surface area contributed by atoms with Crippen molar-refractivity contribution in [1.29, 1.82) is 0 Å². The smallest absolute Gasteiger partial charge is 0.407 e. The fourth-order valence-corrected chi connectivity index (χ4v) is 3.37. The van der Waals surface area contributed by atoms with Gasteiger partial charge in [0.25, 0.3) is 0 Å². The van der Waals surface area contributed by atoms with Gasteiger partial charge in [-0.3, -0.25) is 4.90 Å². The van der Waals surface area contributed by atoms with Crippen LogP contribution >= 0.6 is 0 Å². The summed E-state index contributed by atoms with van der Waals surface area (Å²) in [4.78, 5) is 14.3. The molecule has 3 rings (SSSR count). The van der Waals surface area contributed by atoms with Crippen molar-refractivity contribution in [2.24, 2.45) is 5.41 Å². The zero-order valence-electron chi connectivity index (χ0n) is 14.9. The number of amides is 1. The van der Waals surface area contributed by atoms with Gasteiger partial charge in [0.05, 0.1) is 6.61 Å². The number of likely N-dealkylation sites (tertiary alicyclic amines) is 1. The van der Waals surface area contributed by atoms with Crippen LogP contribution in [0.5, 0.6) is 0 Å². The molecule has 5 nitrogen and oxygen atoms in total. The second kappa shape index (κ2) is 8.83. The van der Waals surface area contributed by atoms with Gasteiger partial charge in [-0.25, -0.2) is 4.79 Å². The van der Waals surface area contributed by atoms with E-state index >= 15 is 0 Å². The van der Waals surface area contributed by atoms with Gasteiger partial charge in [0.1, 0.15) is 6.61 Å². The van der Waals surface area contributed by atoms with E-state index in [0.29, 0.717) is 6.54 Å². The first-order chi connectivity index (χ1) is 12.7. The average molecular weight is 354 g/mol. The highest BCUT2D eigenvalue weighted by molar-refractivity contribution is 5.67. The standard InChI is InChI=1S/C21H26N2O3/c24-17-21(11-12-23(16-21)13-18-7-3-1-4-8-18)15-22-20(25)26-14-19-9-5-2-6-10-19/h1-10,24H,11-17H2,(H,22,25). The maximum absolute atomic E-state index is 12.0. The molecule has 0 spiro atoms. The van der Waals surface area contributed by atoms with Gasteiger partial charge >= 0.3 is 6.09 Å². The number of aliphatic hydroxyl groups is 1. The summed E-state index contributed by atoms with van der Waals surface area (Å²) in [5.41, 5.74) is 1.91. The summed E-state index contributed by atoms with van der Waals surface area (Å²) in [5.74, 6) is 0. The Morgan fingerprint density at radius 1 is 1.08 bits per heavy atom. The minimum Gasteiger partial charge on any atom is -0.445 e. The number of nitrogens with zero attached hydrogens (tertiary/aromatic N) is 1. The van der Waals surface area contributed by atoms with Gasteiger partial charge in [-0.2, -0.15) is 0 Å². The van der Waals surface area contributed by atoms with E-state index in [9.17, 15) is 9.90 Å². The molecule has 26 heavy (non-hydrogen) atoms. The zero-order chi connectivity index (χ0) is 18.2. The van der Waals surface area contributed by atoms with Crippen molar-refractivity contribution in [2.45, 2.75) is 19.6 Å². The fraction of sp³-hybridized carbons (Fsp3) is 0.381. The number of carbonyl (C=O) groups is 1. The molecule has 0 radical (unpaired) electrons. The highest BCUT2D eigenvalue weighted by atomic mass is 16.5. The van der Waals surface area contributed by atoms with E-state index in [1.54, 1.807) is 0 Å². The molecule has 1 heterocycles. The lowest BCUT2D eigenvalue weighted by molar-refractivity contribution is 0.108. The normalized spacial score (nSPS) is 20.0. The number of hydrogen-bond acceptors (Lipinski definition) is 4. The number of alkyl carbamates (subject to hydrolysis) is 1. The fourth-order valence-electron chi connectivity index (χ4n) is 3.37. The average Bonchev–Trinajstić information content (AvgIpc) is 3.10. The summed E-state index contributed by atoms with van der Waals surface area (Å²) in [6.07, 6.45) is 0.415. The Balaban J connectivity index is 1.45. The summed E-state index contributed by atoms with van der Waals surface area (Å²) >= 11 is 0.